The van der Waals surface area contributed by atoms with Gasteiger partial charge in [-0.3, -0.25) is 9.69 Å². The van der Waals surface area contributed by atoms with Crippen LogP contribution in [0.15, 0.2) is 0 Å². The van der Waals surface area contributed by atoms with E-state index in [4.69, 9.17) is 5.11 Å². The molecule has 0 aromatic rings. The molecule has 0 radical (unpaired) electrons. The van der Waals surface area contributed by atoms with Crippen LogP contribution in [0, 0.1) is 17.8 Å². The van der Waals surface area contributed by atoms with Crippen LogP contribution in [0.25, 0.3) is 0 Å². The van der Waals surface area contributed by atoms with Crippen molar-refractivity contribution in [1.29, 1.82) is 0 Å². The Bertz CT molecular complexity index is 464. The summed E-state index contributed by atoms with van der Waals surface area (Å²) in [5, 5.41) is 14.9. The predicted octanol–water partition coefficient (Wildman–Crippen LogP) is 2.05. The van der Waals surface area contributed by atoms with Crippen LogP contribution in [-0.2, 0) is 4.79 Å². The van der Waals surface area contributed by atoms with Crippen LogP contribution < -0.4 is 10.6 Å². The lowest BCUT2D eigenvalue weighted by Gasteiger charge is -2.42. The molecular formula is C18H31N3O3. The third kappa shape index (κ3) is 4.21. The molecule has 2 bridgehead atoms. The highest BCUT2D eigenvalue weighted by Gasteiger charge is 2.39. The molecule has 0 saturated heterocycles. The van der Waals surface area contributed by atoms with Crippen molar-refractivity contribution in [2.75, 3.05) is 19.6 Å². The van der Waals surface area contributed by atoms with E-state index in [1.807, 2.05) is 11.8 Å². The molecule has 3 saturated carbocycles. The molecule has 3 aliphatic carbocycles. The predicted molar refractivity (Wildman–Crippen MR) is 91.8 cm³/mol. The average molecular weight is 337 g/mol. The first-order chi connectivity index (χ1) is 11.5. The molecule has 0 aromatic carbocycles. The molecule has 3 N–H and O–H groups in total. The summed E-state index contributed by atoms with van der Waals surface area (Å²) in [4.78, 5) is 24.8. The van der Waals surface area contributed by atoms with Crippen LogP contribution in [0.3, 0.4) is 0 Å². The molecular weight excluding hydrogens is 306 g/mol. The van der Waals surface area contributed by atoms with Gasteiger partial charge in [-0.25, -0.2) is 4.79 Å². The van der Waals surface area contributed by atoms with Crippen molar-refractivity contribution in [2.24, 2.45) is 17.8 Å². The number of carbonyl (C=O) groups excluding carboxylic acids is 1. The van der Waals surface area contributed by atoms with Gasteiger partial charge in [0.2, 0.25) is 0 Å². The molecule has 0 heterocycles. The number of nitrogens with one attached hydrogen (secondary N) is 2. The molecule has 0 spiro atoms. The first-order valence-corrected chi connectivity index (χ1v) is 9.55. The van der Waals surface area contributed by atoms with Crippen LogP contribution in [0.2, 0.25) is 0 Å². The summed E-state index contributed by atoms with van der Waals surface area (Å²) >= 11 is 0. The number of fused-ring (bicyclic) bond motifs is 2. The smallest absolute Gasteiger partial charge is 0.317 e. The largest absolute Gasteiger partial charge is 0.480 e. The average Bonchev–Trinajstić information content (AvgIpc) is 3.11. The lowest BCUT2D eigenvalue weighted by Crippen LogP contribution is -2.56. The number of likely N-dealkylation sites (N-methyl/N-ethyl adjacent to an activating group) is 1. The Kier molecular flexibility index (Phi) is 5.64. The summed E-state index contributed by atoms with van der Waals surface area (Å²) < 4.78 is 0. The van der Waals surface area contributed by atoms with E-state index < -0.39 is 5.97 Å². The van der Waals surface area contributed by atoms with E-state index >= 15 is 0 Å². The number of hydrogen-bond donors (Lipinski definition) is 3. The first kappa shape index (κ1) is 17.5. The Morgan fingerprint density at radius 1 is 1.17 bits per heavy atom. The topological polar surface area (TPSA) is 81.7 Å². The van der Waals surface area contributed by atoms with Gasteiger partial charge < -0.3 is 15.7 Å². The monoisotopic (exact) mass is 337 g/mol. The summed E-state index contributed by atoms with van der Waals surface area (Å²) in [5.41, 5.74) is 0. The van der Waals surface area contributed by atoms with E-state index in [0.717, 1.165) is 50.1 Å². The van der Waals surface area contributed by atoms with Crippen LogP contribution in [0.5, 0.6) is 0 Å². The molecule has 24 heavy (non-hydrogen) atoms. The molecule has 6 nitrogen and oxygen atoms in total. The van der Waals surface area contributed by atoms with Crippen molar-refractivity contribution in [3.8, 4) is 0 Å². The molecule has 3 aliphatic rings. The minimum absolute atomic E-state index is 0.0668. The normalized spacial score (nSPS) is 34.2. The van der Waals surface area contributed by atoms with Gasteiger partial charge in [-0.2, -0.15) is 0 Å². The van der Waals surface area contributed by atoms with Crippen LogP contribution in [0.4, 0.5) is 4.79 Å². The fourth-order valence-electron chi connectivity index (χ4n) is 5.01. The Hall–Kier alpha value is -1.30. The van der Waals surface area contributed by atoms with E-state index in [-0.39, 0.29) is 24.7 Å². The van der Waals surface area contributed by atoms with Gasteiger partial charge in [0.15, 0.2) is 0 Å². The van der Waals surface area contributed by atoms with Gasteiger partial charge >= 0.3 is 12.0 Å². The number of rotatable bonds is 8. The summed E-state index contributed by atoms with van der Waals surface area (Å²) in [6.45, 7) is 3.57. The fraction of sp³-hybridized carbons (Fsp3) is 0.889. The minimum Gasteiger partial charge on any atom is -0.480 e. The van der Waals surface area contributed by atoms with Gasteiger partial charge in [-0.1, -0.05) is 13.3 Å². The van der Waals surface area contributed by atoms with Gasteiger partial charge in [0, 0.05) is 18.6 Å². The number of hydrogen-bond acceptors (Lipinski definition) is 3. The van der Waals surface area contributed by atoms with E-state index in [0.29, 0.717) is 0 Å². The Morgan fingerprint density at radius 3 is 2.54 bits per heavy atom. The van der Waals surface area contributed by atoms with Gasteiger partial charge in [0.05, 0.1) is 6.54 Å². The van der Waals surface area contributed by atoms with Crippen LogP contribution >= 0.6 is 0 Å². The molecule has 3 unspecified atom stereocenters. The van der Waals surface area contributed by atoms with E-state index in [1.54, 1.807) is 0 Å². The van der Waals surface area contributed by atoms with Gasteiger partial charge in [-0.05, 0) is 62.8 Å². The molecule has 136 valence electrons. The zero-order valence-corrected chi connectivity index (χ0v) is 14.7. The highest BCUT2D eigenvalue weighted by atomic mass is 16.4. The maximum atomic E-state index is 12.0. The standard InChI is InChI=1S/C18H31N3O3/c1-2-21(11-17(22)23)16-9-15(10-16)20-18(24)19-6-5-14-8-12-3-4-13(14)7-12/h12-16H,2-11H2,1H3,(H,22,23)(H2,19,20,24). The maximum absolute atomic E-state index is 12.0. The third-order valence-electron chi connectivity index (χ3n) is 6.39. The number of carboxylic acids is 1. The van der Waals surface area contributed by atoms with Crippen molar-refractivity contribution in [2.45, 2.75) is 64.0 Å². The molecule has 2 amide bonds. The second-order valence-corrected chi connectivity index (χ2v) is 7.90. The van der Waals surface area contributed by atoms with Crippen molar-refractivity contribution in [3.63, 3.8) is 0 Å². The van der Waals surface area contributed by atoms with Gasteiger partial charge in [0.25, 0.3) is 0 Å². The minimum atomic E-state index is -0.786. The van der Waals surface area contributed by atoms with Crippen molar-refractivity contribution >= 4 is 12.0 Å². The second kappa shape index (κ2) is 7.72. The lowest BCUT2D eigenvalue weighted by molar-refractivity contribution is -0.139. The van der Waals surface area contributed by atoms with Crippen molar-refractivity contribution in [1.82, 2.24) is 15.5 Å². The third-order valence-corrected chi connectivity index (χ3v) is 6.39. The Morgan fingerprint density at radius 2 is 1.96 bits per heavy atom. The molecule has 3 atom stereocenters. The summed E-state index contributed by atoms with van der Waals surface area (Å²) in [6.07, 6.45) is 8.43. The van der Waals surface area contributed by atoms with E-state index in [9.17, 15) is 9.59 Å². The molecule has 6 heteroatoms. The number of aliphatic carboxylic acids is 1. The number of nitrogens with zero attached hydrogens (tertiary/aromatic N) is 1. The maximum Gasteiger partial charge on any atom is 0.317 e. The van der Waals surface area contributed by atoms with Gasteiger partial charge in [0.1, 0.15) is 0 Å². The highest BCUT2D eigenvalue weighted by molar-refractivity contribution is 5.74. The molecule has 0 aliphatic heterocycles. The first-order valence-electron chi connectivity index (χ1n) is 9.55. The zero-order chi connectivity index (χ0) is 17.1. The number of urea groups is 1. The SMILES string of the molecule is CCN(CC(=O)O)C1CC(NC(=O)NCCC2CC3CCC2C3)C1. The molecule has 0 aromatic heterocycles. The summed E-state index contributed by atoms with van der Waals surface area (Å²) in [7, 11) is 0. The Labute approximate surface area is 144 Å². The fourth-order valence-corrected chi connectivity index (χ4v) is 5.01. The zero-order valence-electron chi connectivity index (χ0n) is 14.7. The lowest BCUT2D eigenvalue weighted by atomic mass is 9.85. The quantitative estimate of drug-likeness (QED) is 0.633. The number of carboxylic acid groups (broad SMARTS) is 1. The molecule has 3 rings (SSSR count). The summed E-state index contributed by atoms with van der Waals surface area (Å²) in [5.74, 6) is 1.92. The van der Waals surface area contributed by atoms with Crippen molar-refractivity contribution in [3.05, 3.63) is 0 Å². The van der Waals surface area contributed by atoms with E-state index in [1.165, 1.54) is 25.7 Å². The second-order valence-electron chi connectivity index (χ2n) is 7.90. The van der Waals surface area contributed by atoms with Crippen molar-refractivity contribution < 1.29 is 14.7 Å². The van der Waals surface area contributed by atoms with Crippen LogP contribution in [0.1, 0.15) is 51.9 Å². The van der Waals surface area contributed by atoms with E-state index in [2.05, 4.69) is 10.6 Å². The number of amides is 2. The van der Waals surface area contributed by atoms with Crippen LogP contribution in [-0.4, -0.2) is 53.7 Å². The molecule has 3 fully saturated rings. The summed E-state index contributed by atoms with van der Waals surface area (Å²) in [6, 6.07) is 0.397. The highest BCUT2D eigenvalue weighted by Crippen LogP contribution is 2.49. The number of carbonyl (C=O) groups is 2. The van der Waals surface area contributed by atoms with Gasteiger partial charge in [-0.15, -0.1) is 0 Å². The Balaban J connectivity index is 1.27.